The number of likely N-dealkylation sites (tertiary alicyclic amines) is 1. The quantitative estimate of drug-likeness (QED) is 0.786. The number of piperidine rings is 1. The van der Waals surface area contributed by atoms with Gasteiger partial charge in [0, 0.05) is 13.1 Å². The predicted octanol–water partition coefficient (Wildman–Crippen LogP) is 0.304. The number of nitrogens with one attached hydrogen (secondary N) is 1. The second kappa shape index (κ2) is 4.56. The summed E-state index contributed by atoms with van der Waals surface area (Å²) in [6, 6.07) is 2.17. The summed E-state index contributed by atoms with van der Waals surface area (Å²) in [6.45, 7) is 1.53. The zero-order valence-corrected chi connectivity index (χ0v) is 11.0. The normalized spacial score (nSPS) is 25.4. The van der Waals surface area contributed by atoms with Gasteiger partial charge >= 0.3 is 0 Å². The van der Waals surface area contributed by atoms with Crippen LogP contribution in [-0.2, 0) is 10.0 Å². The first kappa shape index (κ1) is 12.8. The first-order valence-electron chi connectivity index (χ1n) is 6.06. The monoisotopic (exact) mass is 257 g/mol. The Balaban J connectivity index is 2.01. The fourth-order valence-corrected chi connectivity index (χ4v) is 4.05. The zero-order valence-electron chi connectivity index (χ0n) is 10.1. The van der Waals surface area contributed by atoms with E-state index in [0.29, 0.717) is 18.8 Å². The molecule has 0 atom stereocenters. The van der Waals surface area contributed by atoms with Gasteiger partial charge in [0.15, 0.2) is 0 Å². The predicted molar refractivity (Wildman–Crippen MR) is 64.7 cm³/mol. The maximum absolute atomic E-state index is 11.9. The number of hydrogen-bond acceptors (Lipinski definition) is 4. The lowest BCUT2D eigenvalue weighted by Gasteiger charge is -2.35. The fourth-order valence-electron chi connectivity index (χ4n) is 2.17. The van der Waals surface area contributed by atoms with E-state index in [2.05, 4.69) is 15.7 Å². The third-order valence-electron chi connectivity index (χ3n) is 3.56. The van der Waals surface area contributed by atoms with Gasteiger partial charge in [-0.3, -0.25) is 0 Å². The molecular weight excluding hydrogens is 238 g/mol. The van der Waals surface area contributed by atoms with Crippen molar-refractivity contribution in [2.75, 3.05) is 25.9 Å². The Morgan fingerprint density at radius 2 is 2.00 bits per heavy atom. The van der Waals surface area contributed by atoms with Crippen LogP contribution in [0, 0.1) is 17.2 Å². The molecule has 0 aromatic rings. The molecule has 0 radical (unpaired) electrons. The Morgan fingerprint density at radius 3 is 2.47 bits per heavy atom. The van der Waals surface area contributed by atoms with Gasteiger partial charge in [-0.2, -0.15) is 9.98 Å². The van der Waals surface area contributed by atoms with Gasteiger partial charge in [0.25, 0.3) is 0 Å². The van der Waals surface area contributed by atoms with Crippen LogP contribution < -0.4 is 4.72 Å². The minimum absolute atomic E-state index is 0.187. The molecule has 0 unspecified atom stereocenters. The number of nitrogens with zero attached hydrogens (tertiary/aromatic N) is 2. The molecular formula is C11H19N3O2S. The van der Waals surface area contributed by atoms with Crippen molar-refractivity contribution >= 4 is 10.0 Å². The highest BCUT2D eigenvalue weighted by Crippen LogP contribution is 2.31. The van der Waals surface area contributed by atoms with Gasteiger partial charge in [0.2, 0.25) is 10.0 Å². The second-order valence-electron chi connectivity index (χ2n) is 5.32. The molecule has 6 heteroatoms. The summed E-state index contributed by atoms with van der Waals surface area (Å²) in [4.78, 5) is 2.12. The van der Waals surface area contributed by atoms with E-state index in [1.54, 1.807) is 0 Å². The van der Waals surface area contributed by atoms with Crippen LogP contribution in [0.25, 0.3) is 0 Å². The molecule has 17 heavy (non-hydrogen) atoms. The molecule has 0 amide bonds. The van der Waals surface area contributed by atoms with Gasteiger partial charge in [-0.25, -0.2) is 8.42 Å². The van der Waals surface area contributed by atoms with E-state index in [0.717, 1.165) is 25.9 Å². The highest BCUT2D eigenvalue weighted by Gasteiger charge is 2.39. The van der Waals surface area contributed by atoms with Gasteiger partial charge in [-0.15, -0.1) is 0 Å². The highest BCUT2D eigenvalue weighted by molar-refractivity contribution is 7.89. The van der Waals surface area contributed by atoms with E-state index < -0.39 is 15.6 Å². The van der Waals surface area contributed by atoms with Crippen LogP contribution in [0.1, 0.15) is 25.7 Å². The van der Waals surface area contributed by atoms with Crippen molar-refractivity contribution in [3.63, 3.8) is 0 Å². The molecule has 2 rings (SSSR count). The molecule has 0 aromatic carbocycles. The van der Waals surface area contributed by atoms with Gasteiger partial charge in [0.1, 0.15) is 5.54 Å². The molecule has 1 N–H and O–H groups in total. The van der Waals surface area contributed by atoms with Crippen LogP contribution in [0.5, 0.6) is 0 Å². The Labute approximate surface area is 103 Å². The maximum atomic E-state index is 11.9. The SMILES string of the molecule is CN1CCC(C#N)(NS(=O)(=O)CC2CC2)CC1. The second-order valence-corrected chi connectivity index (χ2v) is 7.09. The minimum atomic E-state index is -3.30. The van der Waals surface area contributed by atoms with Crippen LogP contribution in [-0.4, -0.2) is 44.7 Å². The molecule has 5 nitrogen and oxygen atoms in total. The van der Waals surface area contributed by atoms with Crippen molar-refractivity contribution in [2.45, 2.75) is 31.2 Å². The summed E-state index contributed by atoms with van der Waals surface area (Å²) in [5.74, 6) is 0.501. The summed E-state index contributed by atoms with van der Waals surface area (Å²) in [5.41, 5.74) is -0.875. The minimum Gasteiger partial charge on any atom is -0.306 e. The maximum Gasteiger partial charge on any atom is 0.213 e. The summed E-state index contributed by atoms with van der Waals surface area (Å²) in [7, 11) is -1.31. The van der Waals surface area contributed by atoms with Gasteiger partial charge in [0.05, 0.1) is 11.8 Å². The van der Waals surface area contributed by atoms with E-state index in [9.17, 15) is 13.7 Å². The van der Waals surface area contributed by atoms with E-state index >= 15 is 0 Å². The topological polar surface area (TPSA) is 73.2 Å². The summed E-state index contributed by atoms with van der Waals surface area (Å²) in [5, 5.41) is 9.25. The van der Waals surface area contributed by atoms with Crippen molar-refractivity contribution in [1.82, 2.24) is 9.62 Å². The Bertz CT molecular complexity index is 414. The molecule has 96 valence electrons. The van der Waals surface area contributed by atoms with E-state index in [1.165, 1.54) is 0 Å². The molecule has 1 heterocycles. The van der Waals surface area contributed by atoms with E-state index in [4.69, 9.17) is 0 Å². The smallest absolute Gasteiger partial charge is 0.213 e. The van der Waals surface area contributed by atoms with E-state index in [-0.39, 0.29) is 5.75 Å². The van der Waals surface area contributed by atoms with Crippen LogP contribution in [0.15, 0.2) is 0 Å². The Hall–Kier alpha value is -0.640. The average molecular weight is 257 g/mol. The molecule has 0 aromatic heterocycles. The van der Waals surface area contributed by atoms with Crippen LogP contribution in [0.4, 0.5) is 0 Å². The standard InChI is InChI=1S/C11H19N3O2S/c1-14-6-4-11(9-12,5-7-14)13-17(15,16)8-10-2-3-10/h10,13H,2-8H2,1H3. The van der Waals surface area contributed by atoms with Gasteiger partial charge in [-0.05, 0) is 38.6 Å². The lowest BCUT2D eigenvalue weighted by molar-refractivity contribution is 0.213. The number of rotatable bonds is 4. The first-order chi connectivity index (χ1) is 7.95. The lowest BCUT2D eigenvalue weighted by Crippen LogP contribution is -2.54. The van der Waals surface area contributed by atoms with Crippen molar-refractivity contribution in [2.24, 2.45) is 5.92 Å². The average Bonchev–Trinajstić information content (AvgIpc) is 3.04. The fraction of sp³-hybridized carbons (Fsp3) is 0.909. The van der Waals surface area contributed by atoms with Crippen LogP contribution >= 0.6 is 0 Å². The van der Waals surface area contributed by atoms with Gasteiger partial charge < -0.3 is 4.90 Å². The molecule has 2 aliphatic rings. The van der Waals surface area contributed by atoms with Crippen LogP contribution in [0.3, 0.4) is 0 Å². The van der Waals surface area contributed by atoms with Gasteiger partial charge in [-0.1, -0.05) is 0 Å². The highest BCUT2D eigenvalue weighted by atomic mass is 32.2. The lowest BCUT2D eigenvalue weighted by atomic mass is 9.91. The van der Waals surface area contributed by atoms with Crippen molar-refractivity contribution in [1.29, 1.82) is 5.26 Å². The third-order valence-corrected chi connectivity index (χ3v) is 5.17. The summed E-state index contributed by atoms with van der Waals surface area (Å²) in [6.07, 6.45) is 3.15. The molecule has 1 saturated heterocycles. The Morgan fingerprint density at radius 1 is 1.41 bits per heavy atom. The molecule has 0 spiro atoms. The third kappa shape index (κ3) is 3.41. The number of hydrogen-bond donors (Lipinski definition) is 1. The molecule has 1 aliphatic carbocycles. The molecule has 0 bridgehead atoms. The van der Waals surface area contributed by atoms with E-state index in [1.807, 2.05) is 7.05 Å². The molecule has 1 saturated carbocycles. The molecule has 1 aliphatic heterocycles. The molecule has 2 fully saturated rings. The van der Waals surface area contributed by atoms with Crippen LogP contribution in [0.2, 0.25) is 0 Å². The van der Waals surface area contributed by atoms with Crippen molar-refractivity contribution in [3.8, 4) is 6.07 Å². The summed E-state index contributed by atoms with van der Waals surface area (Å²) >= 11 is 0. The Kier molecular flexibility index (Phi) is 3.43. The number of sulfonamides is 1. The first-order valence-corrected chi connectivity index (χ1v) is 7.71. The zero-order chi connectivity index (χ0) is 12.5. The number of nitriles is 1. The largest absolute Gasteiger partial charge is 0.306 e. The van der Waals surface area contributed by atoms with Crippen molar-refractivity contribution in [3.05, 3.63) is 0 Å². The summed E-state index contributed by atoms with van der Waals surface area (Å²) < 4.78 is 26.5. The van der Waals surface area contributed by atoms with Crippen molar-refractivity contribution < 1.29 is 8.42 Å².